The standard InChI is InChI=1S/C19H24O2/c1-19(2,3)17(20)11-12-8-9-14-13-6-4-5-7-15(13)18(21)16(14)10-12/h8-10,13,15H,4-7,11H2,1-3H3. The zero-order valence-electron chi connectivity index (χ0n) is 13.2. The lowest BCUT2D eigenvalue weighted by atomic mass is 9.79. The molecule has 0 amide bonds. The number of benzene rings is 1. The van der Waals surface area contributed by atoms with Crippen molar-refractivity contribution in [3.8, 4) is 0 Å². The molecule has 1 aromatic rings. The zero-order valence-corrected chi connectivity index (χ0v) is 13.2. The van der Waals surface area contributed by atoms with Crippen molar-refractivity contribution < 1.29 is 9.59 Å². The highest BCUT2D eigenvalue weighted by molar-refractivity contribution is 6.03. The van der Waals surface area contributed by atoms with E-state index in [0.717, 1.165) is 24.0 Å². The molecule has 0 heterocycles. The fraction of sp³-hybridized carbons (Fsp3) is 0.579. The average molecular weight is 284 g/mol. The lowest BCUT2D eigenvalue weighted by Crippen LogP contribution is -2.22. The average Bonchev–Trinajstić information content (AvgIpc) is 2.72. The van der Waals surface area contributed by atoms with Crippen LogP contribution < -0.4 is 0 Å². The number of carbonyl (C=O) groups is 2. The van der Waals surface area contributed by atoms with Crippen LogP contribution in [0.25, 0.3) is 0 Å². The summed E-state index contributed by atoms with van der Waals surface area (Å²) in [5.74, 6) is 1.20. The minimum absolute atomic E-state index is 0.210. The molecule has 0 spiro atoms. The summed E-state index contributed by atoms with van der Waals surface area (Å²) in [7, 11) is 0. The molecule has 2 heteroatoms. The lowest BCUT2D eigenvalue weighted by molar-refractivity contribution is -0.125. The summed E-state index contributed by atoms with van der Waals surface area (Å²) in [6.45, 7) is 5.84. The molecule has 0 N–H and O–H groups in total. The van der Waals surface area contributed by atoms with Crippen LogP contribution in [0.1, 0.15) is 73.9 Å². The van der Waals surface area contributed by atoms with Gasteiger partial charge in [0.05, 0.1) is 0 Å². The molecule has 0 aliphatic heterocycles. The molecule has 0 aromatic heterocycles. The summed E-state index contributed by atoms with van der Waals surface area (Å²) in [6, 6.07) is 6.14. The van der Waals surface area contributed by atoms with Crippen LogP contribution in [-0.4, -0.2) is 11.6 Å². The second-order valence-corrected chi connectivity index (χ2v) is 7.63. The summed E-state index contributed by atoms with van der Waals surface area (Å²) in [4.78, 5) is 24.8. The molecule has 2 atom stereocenters. The van der Waals surface area contributed by atoms with Crippen LogP contribution in [0.4, 0.5) is 0 Å². The summed E-state index contributed by atoms with van der Waals surface area (Å²) in [5.41, 5.74) is 2.79. The van der Waals surface area contributed by atoms with E-state index in [9.17, 15) is 9.59 Å². The van der Waals surface area contributed by atoms with E-state index in [1.54, 1.807) is 0 Å². The Kier molecular flexibility index (Phi) is 3.51. The third-order valence-corrected chi connectivity index (χ3v) is 5.09. The van der Waals surface area contributed by atoms with Gasteiger partial charge in [0.25, 0.3) is 0 Å². The first kappa shape index (κ1) is 14.5. The molecule has 2 aliphatic carbocycles. The van der Waals surface area contributed by atoms with Gasteiger partial charge < -0.3 is 0 Å². The van der Waals surface area contributed by atoms with Gasteiger partial charge >= 0.3 is 0 Å². The SMILES string of the molecule is CC(C)(C)C(=O)Cc1ccc2c(c1)C(=O)C1CCCCC21. The monoisotopic (exact) mass is 284 g/mol. The molecule has 1 aromatic carbocycles. The lowest BCUT2D eigenvalue weighted by Gasteiger charge is -2.24. The molecule has 21 heavy (non-hydrogen) atoms. The fourth-order valence-electron chi connectivity index (χ4n) is 3.72. The Morgan fingerprint density at radius 1 is 1.14 bits per heavy atom. The van der Waals surface area contributed by atoms with Gasteiger partial charge in [-0.1, -0.05) is 45.7 Å². The van der Waals surface area contributed by atoms with Crippen molar-refractivity contribution >= 4 is 11.6 Å². The van der Waals surface area contributed by atoms with Gasteiger partial charge in [-0.15, -0.1) is 0 Å². The Hall–Kier alpha value is -1.44. The van der Waals surface area contributed by atoms with Crippen LogP contribution in [0.5, 0.6) is 0 Å². The first-order valence-corrected chi connectivity index (χ1v) is 8.08. The van der Waals surface area contributed by atoms with Crippen molar-refractivity contribution in [2.24, 2.45) is 11.3 Å². The molecule has 112 valence electrons. The third kappa shape index (κ3) is 2.56. The number of ketones is 2. The van der Waals surface area contributed by atoms with Crippen LogP contribution >= 0.6 is 0 Å². The highest BCUT2D eigenvalue weighted by Crippen LogP contribution is 2.46. The van der Waals surface area contributed by atoms with E-state index in [1.807, 2.05) is 32.9 Å². The molecule has 0 bridgehead atoms. The number of Topliss-reactive ketones (excluding diaryl/α,β-unsaturated/α-hetero) is 2. The predicted octanol–water partition coefficient (Wildman–Crippen LogP) is 4.31. The van der Waals surface area contributed by atoms with Gasteiger partial charge in [-0.05, 0) is 36.0 Å². The van der Waals surface area contributed by atoms with Crippen LogP contribution in [0.15, 0.2) is 18.2 Å². The summed E-state index contributed by atoms with van der Waals surface area (Å²) >= 11 is 0. The van der Waals surface area contributed by atoms with Crippen molar-refractivity contribution in [2.45, 2.75) is 58.8 Å². The van der Waals surface area contributed by atoms with Crippen molar-refractivity contribution in [1.82, 2.24) is 0 Å². The summed E-state index contributed by atoms with van der Waals surface area (Å²) in [6.07, 6.45) is 5.02. The Morgan fingerprint density at radius 3 is 2.48 bits per heavy atom. The molecule has 2 aliphatic rings. The van der Waals surface area contributed by atoms with Crippen molar-refractivity contribution in [3.05, 3.63) is 34.9 Å². The van der Waals surface area contributed by atoms with Gasteiger partial charge in [0, 0.05) is 23.3 Å². The van der Waals surface area contributed by atoms with Gasteiger partial charge in [-0.25, -0.2) is 0 Å². The van der Waals surface area contributed by atoms with E-state index >= 15 is 0 Å². The fourth-order valence-corrected chi connectivity index (χ4v) is 3.72. The number of hydrogen-bond donors (Lipinski definition) is 0. The number of fused-ring (bicyclic) bond motifs is 3. The van der Waals surface area contributed by atoms with E-state index in [2.05, 4.69) is 6.07 Å². The number of carbonyl (C=O) groups excluding carboxylic acids is 2. The quantitative estimate of drug-likeness (QED) is 0.810. The minimum Gasteiger partial charge on any atom is -0.299 e. The molecular weight excluding hydrogens is 260 g/mol. The van der Waals surface area contributed by atoms with Gasteiger partial charge in [0.1, 0.15) is 5.78 Å². The molecule has 1 fully saturated rings. The topological polar surface area (TPSA) is 34.1 Å². The summed E-state index contributed by atoms with van der Waals surface area (Å²) in [5, 5.41) is 0. The molecule has 2 unspecified atom stereocenters. The third-order valence-electron chi connectivity index (χ3n) is 5.09. The Balaban J connectivity index is 1.88. The molecule has 3 rings (SSSR count). The minimum atomic E-state index is -0.322. The van der Waals surface area contributed by atoms with Gasteiger partial charge in [0.15, 0.2) is 5.78 Å². The van der Waals surface area contributed by atoms with Crippen molar-refractivity contribution in [2.75, 3.05) is 0 Å². The van der Waals surface area contributed by atoms with Crippen LogP contribution in [-0.2, 0) is 11.2 Å². The normalized spacial score (nSPS) is 24.6. The maximum Gasteiger partial charge on any atom is 0.166 e. The Bertz CT molecular complexity index is 592. The largest absolute Gasteiger partial charge is 0.299 e. The number of hydrogen-bond acceptors (Lipinski definition) is 2. The summed E-state index contributed by atoms with van der Waals surface area (Å²) < 4.78 is 0. The van der Waals surface area contributed by atoms with Crippen LogP contribution in [0.2, 0.25) is 0 Å². The van der Waals surface area contributed by atoms with E-state index in [4.69, 9.17) is 0 Å². The predicted molar refractivity (Wildman–Crippen MR) is 83.6 cm³/mol. The first-order valence-electron chi connectivity index (χ1n) is 8.08. The molecule has 0 radical (unpaired) electrons. The highest BCUT2D eigenvalue weighted by Gasteiger charge is 2.40. The van der Waals surface area contributed by atoms with Crippen LogP contribution in [0.3, 0.4) is 0 Å². The van der Waals surface area contributed by atoms with Gasteiger partial charge in [-0.2, -0.15) is 0 Å². The van der Waals surface area contributed by atoms with E-state index < -0.39 is 0 Å². The highest BCUT2D eigenvalue weighted by atomic mass is 16.1. The van der Waals surface area contributed by atoms with E-state index in [0.29, 0.717) is 18.1 Å². The Morgan fingerprint density at radius 2 is 1.81 bits per heavy atom. The Labute approximate surface area is 126 Å². The van der Waals surface area contributed by atoms with Crippen molar-refractivity contribution in [3.63, 3.8) is 0 Å². The van der Waals surface area contributed by atoms with Crippen LogP contribution in [0, 0.1) is 11.3 Å². The number of rotatable bonds is 2. The van der Waals surface area contributed by atoms with Crippen molar-refractivity contribution in [1.29, 1.82) is 0 Å². The molecule has 0 saturated heterocycles. The van der Waals surface area contributed by atoms with Gasteiger partial charge in [-0.3, -0.25) is 9.59 Å². The second-order valence-electron chi connectivity index (χ2n) is 7.63. The first-order chi connectivity index (χ1) is 9.88. The van der Waals surface area contributed by atoms with Gasteiger partial charge in [0.2, 0.25) is 0 Å². The zero-order chi connectivity index (χ0) is 15.2. The maximum atomic E-state index is 12.6. The molecular formula is C19H24O2. The smallest absolute Gasteiger partial charge is 0.166 e. The molecule has 2 nitrogen and oxygen atoms in total. The molecule has 1 saturated carbocycles. The van der Waals surface area contributed by atoms with E-state index in [1.165, 1.54) is 18.4 Å². The second kappa shape index (κ2) is 5.08. The maximum absolute atomic E-state index is 12.6. The van der Waals surface area contributed by atoms with E-state index in [-0.39, 0.29) is 17.1 Å².